The molecule has 6 heteroatoms. The first-order valence-electron chi connectivity index (χ1n) is 9.49. The second kappa shape index (κ2) is 9.90. The van der Waals surface area contributed by atoms with Gasteiger partial charge in [-0.15, -0.1) is 0 Å². The fourth-order valence-electron chi connectivity index (χ4n) is 3.25. The number of benzene rings is 1. The number of hydrogen-bond donors (Lipinski definition) is 1. The Morgan fingerprint density at radius 3 is 2.56 bits per heavy atom. The third-order valence-corrected chi connectivity index (χ3v) is 4.67. The smallest absolute Gasteiger partial charge is 0.336 e. The molecular formula is C21H28N2O4. The van der Waals surface area contributed by atoms with E-state index in [1.807, 2.05) is 37.3 Å². The SMILES string of the molecule is CCCCNC(=O)CN1C(=O)CC(c2ccccc2)C(C(=O)OCC)=C1C. The Morgan fingerprint density at radius 1 is 1.22 bits per heavy atom. The number of hydrogen-bond acceptors (Lipinski definition) is 4. The molecule has 1 aromatic rings. The van der Waals surface area contributed by atoms with Crippen molar-refractivity contribution in [2.45, 2.75) is 46.0 Å². The monoisotopic (exact) mass is 372 g/mol. The molecule has 1 atom stereocenters. The third-order valence-electron chi connectivity index (χ3n) is 4.67. The summed E-state index contributed by atoms with van der Waals surface area (Å²) >= 11 is 0. The van der Waals surface area contributed by atoms with E-state index in [4.69, 9.17) is 4.74 Å². The van der Waals surface area contributed by atoms with Gasteiger partial charge in [0.1, 0.15) is 6.54 Å². The molecule has 1 N–H and O–H groups in total. The predicted molar refractivity (Wildman–Crippen MR) is 103 cm³/mol. The number of nitrogens with one attached hydrogen (secondary N) is 1. The molecule has 27 heavy (non-hydrogen) atoms. The summed E-state index contributed by atoms with van der Waals surface area (Å²) in [5.41, 5.74) is 1.83. The van der Waals surface area contributed by atoms with Crippen LogP contribution < -0.4 is 5.32 Å². The minimum atomic E-state index is -0.437. The average Bonchev–Trinajstić information content (AvgIpc) is 2.65. The molecule has 1 unspecified atom stereocenters. The number of esters is 1. The molecule has 0 aromatic heterocycles. The Kier molecular flexibility index (Phi) is 7.58. The molecule has 0 spiro atoms. The van der Waals surface area contributed by atoms with E-state index < -0.39 is 5.97 Å². The van der Waals surface area contributed by atoms with E-state index in [0.717, 1.165) is 18.4 Å². The normalized spacial score (nSPS) is 17.1. The van der Waals surface area contributed by atoms with Gasteiger partial charge in [0.05, 0.1) is 12.2 Å². The van der Waals surface area contributed by atoms with E-state index in [9.17, 15) is 14.4 Å². The minimum absolute atomic E-state index is 0.0845. The van der Waals surface area contributed by atoms with Gasteiger partial charge >= 0.3 is 5.97 Å². The second-order valence-electron chi connectivity index (χ2n) is 6.57. The summed E-state index contributed by atoms with van der Waals surface area (Å²) in [5, 5.41) is 2.81. The number of allylic oxidation sites excluding steroid dienone is 1. The lowest BCUT2D eigenvalue weighted by Gasteiger charge is -2.34. The quantitative estimate of drug-likeness (QED) is 0.562. The molecule has 2 rings (SSSR count). The highest BCUT2D eigenvalue weighted by Crippen LogP contribution is 2.36. The summed E-state index contributed by atoms with van der Waals surface area (Å²) in [5.74, 6) is -1.19. The van der Waals surface area contributed by atoms with Gasteiger partial charge in [0.25, 0.3) is 0 Å². The van der Waals surface area contributed by atoms with E-state index in [0.29, 0.717) is 17.8 Å². The maximum atomic E-state index is 12.7. The van der Waals surface area contributed by atoms with Crippen LogP contribution in [-0.2, 0) is 19.1 Å². The number of ether oxygens (including phenoxy) is 1. The molecule has 146 valence electrons. The molecular weight excluding hydrogens is 344 g/mol. The van der Waals surface area contributed by atoms with E-state index >= 15 is 0 Å². The van der Waals surface area contributed by atoms with Crippen LogP contribution in [0.4, 0.5) is 0 Å². The average molecular weight is 372 g/mol. The Hall–Kier alpha value is -2.63. The van der Waals surface area contributed by atoms with Crippen molar-refractivity contribution >= 4 is 17.8 Å². The Labute approximate surface area is 160 Å². The van der Waals surface area contributed by atoms with Crippen molar-refractivity contribution in [1.29, 1.82) is 0 Å². The topological polar surface area (TPSA) is 75.7 Å². The standard InChI is InChI=1S/C21H28N2O4/c1-4-6-12-22-18(24)14-23-15(3)20(21(26)27-5-2)17(13-19(23)25)16-10-8-7-9-11-16/h7-11,17H,4-6,12-14H2,1-3H3,(H,22,24). The van der Waals surface area contributed by atoms with Gasteiger partial charge in [-0.3, -0.25) is 9.59 Å². The summed E-state index contributed by atoms with van der Waals surface area (Å²) < 4.78 is 5.24. The number of unbranched alkanes of at least 4 members (excludes halogenated alkanes) is 1. The Balaban J connectivity index is 2.31. The zero-order chi connectivity index (χ0) is 19.8. The first kappa shape index (κ1) is 20.7. The summed E-state index contributed by atoms with van der Waals surface area (Å²) in [6.07, 6.45) is 2.00. The lowest BCUT2D eigenvalue weighted by atomic mass is 9.83. The first-order valence-corrected chi connectivity index (χ1v) is 9.49. The molecule has 1 aliphatic rings. The number of amides is 2. The zero-order valence-electron chi connectivity index (χ0n) is 16.3. The first-order chi connectivity index (χ1) is 13.0. The van der Waals surface area contributed by atoms with E-state index in [2.05, 4.69) is 5.32 Å². The van der Waals surface area contributed by atoms with Crippen molar-refractivity contribution in [2.75, 3.05) is 19.7 Å². The van der Waals surface area contributed by atoms with E-state index in [1.54, 1.807) is 13.8 Å². The second-order valence-corrected chi connectivity index (χ2v) is 6.57. The Morgan fingerprint density at radius 2 is 1.93 bits per heavy atom. The van der Waals surface area contributed by atoms with Gasteiger partial charge in [-0.2, -0.15) is 0 Å². The molecule has 6 nitrogen and oxygen atoms in total. The van der Waals surface area contributed by atoms with Crippen molar-refractivity contribution in [3.63, 3.8) is 0 Å². The number of carbonyl (C=O) groups is 3. The van der Waals surface area contributed by atoms with Crippen LogP contribution >= 0.6 is 0 Å². The number of rotatable bonds is 8. The van der Waals surface area contributed by atoms with Crippen LogP contribution in [0.25, 0.3) is 0 Å². The molecule has 0 saturated carbocycles. The molecule has 2 amide bonds. The van der Waals surface area contributed by atoms with Gasteiger partial charge in [0.2, 0.25) is 11.8 Å². The summed E-state index contributed by atoms with van der Waals surface area (Å²) in [7, 11) is 0. The fourth-order valence-corrected chi connectivity index (χ4v) is 3.25. The van der Waals surface area contributed by atoms with Gasteiger partial charge in [-0.1, -0.05) is 43.7 Å². The van der Waals surface area contributed by atoms with Gasteiger partial charge in [-0.25, -0.2) is 4.79 Å². The number of nitrogens with zero attached hydrogens (tertiary/aromatic N) is 1. The molecule has 1 heterocycles. The van der Waals surface area contributed by atoms with Crippen LogP contribution in [0.5, 0.6) is 0 Å². The molecule has 1 aromatic carbocycles. The van der Waals surface area contributed by atoms with E-state index in [1.165, 1.54) is 4.90 Å². The highest BCUT2D eigenvalue weighted by Gasteiger charge is 2.37. The maximum absolute atomic E-state index is 12.7. The molecule has 0 bridgehead atoms. The zero-order valence-corrected chi connectivity index (χ0v) is 16.3. The highest BCUT2D eigenvalue weighted by molar-refractivity contribution is 5.97. The molecule has 0 saturated heterocycles. The van der Waals surface area contributed by atoms with Crippen LogP contribution in [-0.4, -0.2) is 42.4 Å². The van der Waals surface area contributed by atoms with Crippen LogP contribution in [0.2, 0.25) is 0 Å². The lowest BCUT2D eigenvalue weighted by Crippen LogP contribution is -2.44. The minimum Gasteiger partial charge on any atom is -0.463 e. The van der Waals surface area contributed by atoms with Crippen molar-refractivity contribution in [3.05, 3.63) is 47.2 Å². The van der Waals surface area contributed by atoms with Crippen molar-refractivity contribution in [3.8, 4) is 0 Å². The molecule has 0 fully saturated rings. The van der Waals surface area contributed by atoms with Crippen molar-refractivity contribution in [1.82, 2.24) is 10.2 Å². The highest BCUT2D eigenvalue weighted by atomic mass is 16.5. The molecule has 0 aliphatic carbocycles. The van der Waals surface area contributed by atoms with E-state index in [-0.39, 0.29) is 37.3 Å². The van der Waals surface area contributed by atoms with Crippen LogP contribution in [0.15, 0.2) is 41.6 Å². The molecule has 1 aliphatic heterocycles. The van der Waals surface area contributed by atoms with Gasteiger partial charge in [-0.05, 0) is 25.8 Å². The van der Waals surface area contributed by atoms with Crippen molar-refractivity contribution < 1.29 is 19.1 Å². The van der Waals surface area contributed by atoms with Crippen LogP contribution in [0, 0.1) is 0 Å². The number of carbonyl (C=O) groups excluding carboxylic acids is 3. The summed E-state index contributed by atoms with van der Waals surface area (Å²) in [4.78, 5) is 38.9. The fraction of sp³-hybridized carbons (Fsp3) is 0.476. The van der Waals surface area contributed by atoms with Gasteiger partial charge in [0, 0.05) is 24.6 Å². The van der Waals surface area contributed by atoms with Crippen molar-refractivity contribution in [2.24, 2.45) is 0 Å². The molecule has 0 radical (unpaired) electrons. The Bertz CT molecular complexity index is 712. The van der Waals surface area contributed by atoms with Crippen LogP contribution in [0.3, 0.4) is 0 Å². The van der Waals surface area contributed by atoms with Gasteiger partial charge in [0.15, 0.2) is 0 Å². The lowest BCUT2D eigenvalue weighted by molar-refractivity contribution is -0.141. The van der Waals surface area contributed by atoms with Gasteiger partial charge < -0.3 is 15.0 Å². The largest absolute Gasteiger partial charge is 0.463 e. The third kappa shape index (κ3) is 5.18. The summed E-state index contributed by atoms with van der Waals surface area (Å²) in [6.45, 7) is 6.25. The van der Waals surface area contributed by atoms with Crippen LogP contribution in [0.1, 0.15) is 51.5 Å². The summed E-state index contributed by atoms with van der Waals surface area (Å²) in [6, 6.07) is 9.45. The maximum Gasteiger partial charge on any atom is 0.336 e. The predicted octanol–water partition coefficient (Wildman–Crippen LogP) is 2.76.